The lowest BCUT2D eigenvalue weighted by Gasteiger charge is -2.33. The normalized spacial score (nSPS) is 17.1. The zero-order valence-electron chi connectivity index (χ0n) is 14.8. The molecule has 1 aliphatic rings. The Bertz CT molecular complexity index is 1170. The molecule has 0 saturated carbocycles. The van der Waals surface area contributed by atoms with Crippen LogP contribution < -0.4 is 4.31 Å². The quantitative estimate of drug-likeness (QED) is 0.738. The minimum atomic E-state index is -3.88. The number of sulfonamides is 1. The molecule has 1 unspecified atom stereocenters. The molecule has 140 valence electrons. The van der Waals surface area contributed by atoms with Crippen molar-refractivity contribution in [1.82, 2.24) is 14.8 Å². The van der Waals surface area contributed by atoms with Gasteiger partial charge in [0.1, 0.15) is 4.90 Å². The molecule has 1 aromatic carbocycles. The molecular weight excluding hydrogens is 368 g/mol. The van der Waals surface area contributed by atoms with Gasteiger partial charge in [0.15, 0.2) is 5.65 Å². The number of hydrogen-bond donors (Lipinski definition) is 1. The van der Waals surface area contributed by atoms with E-state index in [1.54, 1.807) is 49.0 Å². The number of pyridine rings is 1. The predicted octanol–water partition coefficient (Wildman–Crippen LogP) is 2.04. The lowest BCUT2D eigenvalue weighted by molar-refractivity contribution is -0.139. The fourth-order valence-corrected chi connectivity index (χ4v) is 5.07. The summed E-state index contributed by atoms with van der Waals surface area (Å²) in [4.78, 5) is 15.9. The highest BCUT2D eigenvalue weighted by Gasteiger charge is 2.36. The first-order valence-corrected chi connectivity index (χ1v) is 9.88. The summed E-state index contributed by atoms with van der Waals surface area (Å²) in [5.41, 5.74) is 2.21. The van der Waals surface area contributed by atoms with Gasteiger partial charge in [0, 0.05) is 25.2 Å². The number of aromatic nitrogens is 3. The van der Waals surface area contributed by atoms with Crippen LogP contribution in [-0.4, -0.2) is 40.8 Å². The Morgan fingerprint density at radius 3 is 2.78 bits per heavy atom. The van der Waals surface area contributed by atoms with Crippen LogP contribution in [0, 0.1) is 6.92 Å². The average Bonchev–Trinajstić information content (AvgIpc) is 2.94. The Labute approximate surface area is 156 Å². The number of para-hydroxylation sites is 1. The largest absolute Gasteiger partial charge is 0.481 e. The Morgan fingerprint density at radius 2 is 2.04 bits per heavy atom. The third-order valence-corrected chi connectivity index (χ3v) is 6.70. The van der Waals surface area contributed by atoms with Crippen molar-refractivity contribution in [3.05, 3.63) is 47.8 Å². The monoisotopic (exact) mass is 386 g/mol. The third kappa shape index (κ3) is 2.66. The Hall–Kier alpha value is -2.94. The zero-order chi connectivity index (χ0) is 19.3. The molecule has 3 heterocycles. The van der Waals surface area contributed by atoms with E-state index in [2.05, 4.69) is 10.1 Å². The van der Waals surface area contributed by atoms with Gasteiger partial charge in [0.25, 0.3) is 10.0 Å². The first-order chi connectivity index (χ1) is 12.8. The van der Waals surface area contributed by atoms with Crippen molar-refractivity contribution in [3.63, 3.8) is 0 Å². The van der Waals surface area contributed by atoms with Gasteiger partial charge in [-0.15, -0.1) is 0 Å². The molecule has 0 aliphatic carbocycles. The number of anilines is 1. The van der Waals surface area contributed by atoms with E-state index in [0.717, 1.165) is 0 Å². The van der Waals surface area contributed by atoms with Crippen LogP contribution in [0.1, 0.15) is 23.6 Å². The number of nitrogens with zero attached hydrogens (tertiary/aromatic N) is 4. The van der Waals surface area contributed by atoms with Crippen LogP contribution in [0.4, 0.5) is 5.69 Å². The molecule has 27 heavy (non-hydrogen) atoms. The minimum Gasteiger partial charge on any atom is -0.481 e. The fraction of sp³-hybridized carbons (Fsp3) is 0.278. The Balaban J connectivity index is 1.84. The van der Waals surface area contributed by atoms with Gasteiger partial charge in [-0.25, -0.2) is 13.4 Å². The number of hydrogen-bond acceptors (Lipinski definition) is 5. The molecule has 0 amide bonds. The van der Waals surface area contributed by atoms with Gasteiger partial charge >= 0.3 is 5.97 Å². The molecule has 1 aliphatic heterocycles. The van der Waals surface area contributed by atoms with Crippen LogP contribution in [0.2, 0.25) is 0 Å². The average molecular weight is 386 g/mol. The summed E-state index contributed by atoms with van der Waals surface area (Å²) in [7, 11) is -2.13. The van der Waals surface area contributed by atoms with E-state index in [4.69, 9.17) is 0 Å². The molecule has 1 N–H and O–H groups in total. The van der Waals surface area contributed by atoms with Crippen LogP contribution in [0.15, 0.2) is 41.4 Å². The maximum Gasteiger partial charge on any atom is 0.311 e. The van der Waals surface area contributed by atoms with Gasteiger partial charge in [-0.05, 0) is 31.0 Å². The second-order valence-electron chi connectivity index (χ2n) is 6.57. The molecular formula is C18H18N4O4S. The molecule has 8 nitrogen and oxygen atoms in total. The number of carboxylic acids is 1. The van der Waals surface area contributed by atoms with E-state index in [1.807, 2.05) is 0 Å². The van der Waals surface area contributed by atoms with Crippen LogP contribution in [0.3, 0.4) is 0 Å². The number of aryl methyl sites for hydroxylation is 2. The van der Waals surface area contributed by atoms with Crippen LogP contribution in [0.5, 0.6) is 0 Å². The summed E-state index contributed by atoms with van der Waals surface area (Å²) in [6, 6.07) is 8.31. The number of rotatable bonds is 3. The molecule has 1 atom stereocenters. The summed E-state index contributed by atoms with van der Waals surface area (Å²) < 4.78 is 29.5. The SMILES string of the molecule is Cc1nn(C)c2ncc(S(=O)(=O)N3CCC(C(=O)O)c4ccccc43)cc12. The van der Waals surface area contributed by atoms with Crippen molar-refractivity contribution in [2.45, 2.75) is 24.2 Å². The highest BCUT2D eigenvalue weighted by Crippen LogP contribution is 2.38. The van der Waals surface area contributed by atoms with Gasteiger partial charge in [0.2, 0.25) is 0 Å². The lowest BCUT2D eigenvalue weighted by atomic mass is 9.91. The number of carbonyl (C=O) groups is 1. The minimum absolute atomic E-state index is 0.0645. The third-order valence-electron chi connectivity index (χ3n) is 4.93. The van der Waals surface area contributed by atoms with E-state index < -0.39 is 21.9 Å². The topological polar surface area (TPSA) is 105 Å². The van der Waals surface area contributed by atoms with Gasteiger partial charge in [-0.3, -0.25) is 13.8 Å². The first-order valence-electron chi connectivity index (χ1n) is 8.44. The van der Waals surface area contributed by atoms with E-state index in [-0.39, 0.29) is 17.9 Å². The second kappa shape index (κ2) is 6.05. The van der Waals surface area contributed by atoms with Crippen LogP contribution in [0.25, 0.3) is 11.0 Å². The second-order valence-corrected chi connectivity index (χ2v) is 8.43. The van der Waals surface area contributed by atoms with Gasteiger partial charge < -0.3 is 5.11 Å². The van der Waals surface area contributed by atoms with Gasteiger partial charge in [-0.2, -0.15) is 5.10 Å². The molecule has 0 bridgehead atoms. The summed E-state index contributed by atoms with van der Waals surface area (Å²) in [5, 5.41) is 14.4. The number of benzene rings is 1. The first kappa shape index (κ1) is 17.5. The number of aliphatic carboxylic acids is 1. The summed E-state index contributed by atoms with van der Waals surface area (Å²) >= 11 is 0. The summed E-state index contributed by atoms with van der Waals surface area (Å²) in [5.74, 6) is -1.66. The van der Waals surface area contributed by atoms with E-state index >= 15 is 0 Å². The van der Waals surface area contributed by atoms with Crippen molar-refractivity contribution in [2.24, 2.45) is 7.05 Å². The van der Waals surface area contributed by atoms with E-state index in [0.29, 0.717) is 28.0 Å². The summed E-state index contributed by atoms with van der Waals surface area (Å²) in [6.07, 6.45) is 1.54. The Morgan fingerprint density at radius 1 is 1.30 bits per heavy atom. The fourth-order valence-electron chi connectivity index (χ4n) is 3.59. The lowest BCUT2D eigenvalue weighted by Crippen LogP contribution is -2.38. The van der Waals surface area contributed by atoms with Crippen molar-refractivity contribution < 1.29 is 18.3 Å². The number of fused-ring (bicyclic) bond motifs is 2. The van der Waals surface area contributed by atoms with Gasteiger partial charge in [0.05, 0.1) is 17.3 Å². The van der Waals surface area contributed by atoms with E-state index in [1.165, 1.54) is 10.5 Å². The molecule has 2 aromatic heterocycles. The molecule has 9 heteroatoms. The van der Waals surface area contributed by atoms with Gasteiger partial charge in [-0.1, -0.05) is 18.2 Å². The Kier molecular flexibility index (Phi) is 3.92. The standard InChI is InChI=1S/C18H18N4O4S/c1-11-15-9-12(10-19-17(15)21(2)20-11)27(25,26)22-8-7-14(18(23)24)13-5-3-4-6-16(13)22/h3-6,9-10,14H,7-8H2,1-2H3,(H,23,24). The van der Waals surface area contributed by atoms with Crippen molar-refractivity contribution >= 4 is 32.7 Å². The summed E-state index contributed by atoms with van der Waals surface area (Å²) in [6.45, 7) is 1.90. The zero-order valence-corrected chi connectivity index (χ0v) is 15.6. The van der Waals surface area contributed by atoms with Crippen molar-refractivity contribution in [2.75, 3.05) is 10.8 Å². The highest BCUT2D eigenvalue weighted by atomic mass is 32.2. The molecule has 0 saturated heterocycles. The molecule has 0 spiro atoms. The van der Waals surface area contributed by atoms with E-state index in [9.17, 15) is 18.3 Å². The van der Waals surface area contributed by atoms with Crippen LogP contribution >= 0.6 is 0 Å². The number of carboxylic acid groups (broad SMARTS) is 1. The maximum absolute atomic E-state index is 13.3. The smallest absolute Gasteiger partial charge is 0.311 e. The maximum atomic E-state index is 13.3. The predicted molar refractivity (Wildman–Crippen MR) is 99.2 cm³/mol. The molecule has 0 fully saturated rings. The van der Waals surface area contributed by atoms with Crippen LogP contribution in [-0.2, 0) is 21.9 Å². The molecule has 0 radical (unpaired) electrons. The molecule has 4 rings (SSSR count). The highest BCUT2D eigenvalue weighted by molar-refractivity contribution is 7.92. The van der Waals surface area contributed by atoms with Crippen molar-refractivity contribution in [3.8, 4) is 0 Å². The van der Waals surface area contributed by atoms with Crippen molar-refractivity contribution in [1.29, 1.82) is 0 Å². The molecule has 3 aromatic rings.